The van der Waals surface area contributed by atoms with Crippen LogP contribution in [0, 0.1) is 5.92 Å². The number of rotatable bonds is 7. The minimum Gasteiger partial charge on any atom is -0.478 e. The molecule has 2 N–H and O–H groups in total. The van der Waals surface area contributed by atoms with Gasteiger partial charge in [-0.05, 0) is 67.4 Å². The Morgan fingerprint density at radius 1 is 1.15 bits per heavy atom. The highest BCUT2D eigenvalue weighted by atomic mass is 16.5. The van der Waals surface area contributed by atoms with Gasteiger partial charge in [-0.1, -0.05) is 30.3 Å². The number of hydrogen-bond donors (Lipinski definition) is 2. The monoisotopic (exact) mass is 446 g/mol. The second kappa shape index (κ2) is 9.01. The lowest BCUT2D eigenvalue weighted by atomic mass is 9.77. The minimum atomic E-state index is -0.952. The van der Waals surface area contributed by atoms with Crippen LogP contribution in [-0.4, -0.2) is 47.9 Å². The Morgan fingerprint density at radius 2 is 1.97 bits per heavy atom. The van der Waals surface area contributed by atoms with E-state index in [4.69, 9.17) is 4.74 Å². The summed E-state index contributed by atoms with van der Waals surface area (Å²) in [7, 11) is 0. The van der Waals surface area contributed by atoms with Crippen LogP contribution >= 0.6 is 0 Å². The third-order valence-corrected chi connectivity index (χ3v) is 6.51. The van der Waals surface area contributed by atoms with Crippen molar-refractivity contribution in [1.82, 2.24) is 30.2 Å². The number of nitrogens with zero attached hydrogens (tertiary/aromatic N) is 5. The van der Waals surface area contributed by atoms with Crippen molar-refractivity contribution in [3.05, 3.63) is 53.6 Å². The van der Waals surface area contributed by atoms with Gasteiger partial charge in [0.15, 0.2) is 0 Å². The Morgan fingerprint density at radius 3 is 2.70 bits per heavy atom. The molecule has 9 nitrogen and oxygen atoms in total. The number of aromatic carboxylic acids is 1. The quantitative estimate of drug-likeness (QED) is 0.435. The number of tetrazole rings is 1. The Hall–Kier alpha value is -3.75. The normalized spacial score (nSPS) is 18.5. The summed E-state index contributed by atoms with van der Waals surface area (Å²) in [6.45, 7) is 3.08. The summed E-state index contributed by atoms with van der Waals surface area (Å²) in [4.78, 5) is 16.4. The van der Waals surface area contributed by atoms with Crippen molar-refractivity contribution in [1.29, 1.82) is 0 Å². The molecule has 1 fully saturated rings. The lowest BCUT2D eigenvalue weighted by Crippen LogP contribution is -2.20. The molecule has 0 saturated heterocycles. The predicted molar refractivity (Wildman–Crippen MR) is 122 cm³/mol. The number of carboxylic acids is 1. The van der Waals surface area contributed by atoms with Gasteiger partial charge in [0.1, 0.15) is 0 Å². The summed E-state index contributed by atoms with van der Waals surface area (Å²) in [6.07, 6.45) is 4.15. The van der Waals surface area contributed by atoms with E-state index in [-0.39, 0.29) is 5.56 Å². The van der Waals surface area contributed by atoms with Gasteiger partial charge in [0.2, 0.25) is 5.82 Å². The molecule has 0 atom stereocenters. The van der Waals surface area contributed by atoms with Crippen molar-refractivity contribution in [2.24, 2.45) is 5.92 Å². The molecule has 0 unspecified atom stereocenters. The molecule has 5 rings (SSSR count). The molecule has 4 aromatic rings. The number of fused-ring (bicyclic) bond motifs is 1. The first kappa shape index (κ1) is 21.1. The smallest absolute Gasteiger partial charge is 0.337 e. The number of aromatic amines is 1. The molecule has 0 bridgehead atoms. The highest BCUT2D eigenvalue weighted by Crippen LogP contribution is 2.40. The number of benzene rings is 2. The summed E-state index contributed by atoms with van der Waals surface area (Å²) < 4.78 is 7.74. The Labute approximate surface area is 190 Å². The SMILES string of the molecule is CCOc1nc2cccc(C(=O)O)c2n1CC1CCC(c2ccccc2-c2nn[nH]n2)CC1. The van der Waals surface area contributed by atoms with Gasteiger partial charge >= 0.3 is 5.97 Å². The number of H-pyrrole nitrogens is 1. The average Bonchev–Trinajstić information content (AvgIpc) is 3.49. The van der Waals surface area contributed by atoms with E-state index < -0.39 is 5.97 Å². The Balaban J connectivity index is 1.37. The van der Waals surface area contributed by atoms with Gasteiger partial charge in [-0.15, -0.1) is 10.2 Å². The molecule has 1 aliphatic rings. The lowest BCUT2D eigenvalue weighted by molar-refractivity contribution is 0.0698. The van der Waals surface area contributed by atoms with Gasteiger partial charge in [-0.3, -0.25) is 4.57 Å². The number of imidazole rings is 1. The highest BCUT2D eigenvalue weighted by Gasteiger charge is 2.27. The van der Waals surface area contributed by atoms with Gasteiger partial charge < -0.3 is 9.84 Å². The first-order valence-electron chi connectivity index (χ1n) is 11.3. The van der Waals surface area contributed by atoms with Crippen molar-refractivity contribution in [2.45, 2.75) is 45.1 Å². The molecule has 2 aromatic carbocycles. The molecule has 0 radical (unpaired) electrons. The third kappa shape index (κ3) is 4.06. The number of para-hydroxylation sites is 1. The predicted octanol–water partition coefficient (Wildman–Crippen LogP) is 4.29. The largest absolute Gasteiger partial charge is 0.478 e. The molecule has 170 valence electrons. The molecule has 33 heavy (non-hydrogen) atoms. The van der Waals surface area contributed by atoms with Crippen molar-refractivity contribution in [3.8, 4) is 17.4 Å². The molecule has 1 aliphatic carbocycles. The van der Waals surface area contributed by atoms with E-state index in [0.717, 1.165) is 31.2 Å². The summed E-state index contributed by atoms with van der Waals surface area (Å²) in [5.41, 5.74) is 3.83. The third-order valence-electron chi connectivity index (χ3n) is 6.51. The fourth-order valence-electron chi connectivity index (χ4n) is 4.99. The number of ether oxygens (including phenoxy) is 1. The van der Waals surface area contributed by atoms with Crippen molar-refractivity contribution in [2.75, 3.05) is 6.61 Å². The van der Waals surface area contributed by atoms with Crippen LogP contribution in [0.2, 0.25) is 0 Å². The van der Waals surface area contributed by atoms with Crippen LogP contribution in [0.25, 0.3) is 22.4 Å². The number of carbonyl (C=O) groups is 1. The number of nitrogens with one attached hydrogen (secondary N) is 1. The molecule has 2 heterocycles. The molecule has 2 aromatic heterocycles. The molecule has 0 amide bonds. The standard InChI is InChI=1S/C24H26N6O3/c1-2-33-24-25-20-9-5-8-19(23(31)32)21(20)30(24)14-15-10-12-16(13-11-15)17-6-3-4-7-18(17)22-26-28-29-27-22/h3-9,15-16H,2,10-14H2,1H3,(H,31,32)(H,26,27,28,29). The maximum absolute atomic E-state index is 11.9. The van der Waals surface area contributed by atoms with Gasteiger partial charge in [-0.25, -0.2) is 4.79 Å². The average molecular weight is 447 g/mol. The van der Waals surface area contributed by atoms with E-state index in [2.05, 4.69) is 37.7 Å². The van der Waals surface area contributed by atoms with Crippen LogP contribution in [-0.2, 0) is 6.54 Å². The van der Waals surface area contributed by atoms with Crippen LogP contribution in [0.4, 0.5) is 0 Å². The van der Waals surface area contributed by atoms with Crippen molar-refractivity contribution in [3.63, 3.8) is 0 Å². The van der Waals surface area contributed by atoms with E-state index in [0.29, 0.717) is 47.9 Å². The minimum absolute atomic E-state index is 0.258. The number of aromatic nitrogens is 6. The fourth-order valence-corrected chi connectivity index (χ4v) is 4.99. The van der Waals surface area contributed by atoms with E-state index in [9.17, 15) is 9.90 Å². The summed E-state index contributed by atoms with van der Waals surface area (Å²) >= 11 is 0. The van der Waals surface area contributed by atoms with E-state index >= 15 is 0 Å². The molecule has 0 aliphatic heterocycles. The topological polar surface area (TPSA) is 119 Å². The van der Waals surface area contributed by atoms with Gasteiger partial charge in [0.05, 0.1) is 23.2 Å². The maximum atomic E-state index is 11.9. The zero-order valence-electron chi connectivity index (χ0n) is 18.4. The Kier molecular flexibility index (Phi) is 5.77. The highest BCUT2D eigenvalue weighted by molar-refractivity contribution is 6.01. The maximum Gasteiger partial charge on any atom is 0.337 e. The summed E-state index contributed by atoms with van der Waals surface area (Å²) in [6, 6.07) is 14.0. The molecule has 0 spiro atoms. The van der Waals surface area contributed by atoms with Gasteiger partial charge in [0.25, 0.3) is 6.01 Å². The molecular weight excluding hydrogens is 420 g/mol. The number of carboxylic acid groups (broad SMARTS) is 1. The molecule has 9 heteroatoms. The van der Waals surface area contributed by atoms with Crippen LogP contribution in [0.15, 0.2) is 42.5 Å². The zero-order valence-corrected chi connectivity index (χ0v) is 18.4. The lowest BCUT2D eigenvalue weighted by Gasteiger charge is -2.30. The van der Waals surface area contributed by atoms with Crippen molar-refractivity contribution < 1.29 is 14.6 Å². The first-order chi connectivity index (χ1) is 16.2. The summed E-state index contributed by atoms with van der Waals surface area (Å²) in [5, 5.41) is 24.3. The van der Waals surface area contributed by atoms with E-state index in [1.807, 2.05) is 29.7 Å². The van der Waals surface area contributed by atoms with Crippen LogP contribution in [0.5, 0.6) is 6.01 Å². The van der Waals surface area contributed by atoms with Crippen LogP contribution < -0.4 is 4.74 Å². The molecule has 1 saturated carbocycles. The van der Waals surface area contributed by atoms with E-state index in [1.54, 1.807) is 12.1 Å². The number of hydrogen-bond acceptors (Lipinski definition) is 6. The fraction of sp³-hybridized carbons (Fsp3) is 0.375. The summed E-state index contributed by atoms with van der Waals surface area (Å²) in [5.74, 6) is 0.514. The van der Waals surface area contributed by atoms with E-state index in [1.165, 1.54) is 5.56 Å². The first-order valence-corrected chi connectivity index (χ1v) is 11.3. The van der Waals surface area contributed by atoms with Crippen LogP contribution in [0.1, 0.15) is 54.4 Å². The van der Waals surface area contributed by atoms with Gasteiger partial charge in [0, 0.05) is 12.1 Å². The van der Waals surface area contributed by atoms with Crippen LogP contribution in [0.3, 0.4) is 0 Å². The second-order valence-electron chi connectivity index (χ2n) is 8.46. The van der Waals surface area contributed by atoms with Crippen molar-refractivity contribution >= 4 is 17.0 Å². The second-order valence-corrected chi connectivity index (χ2v) is 8.46. The zero-order chi connectivity index (χ0) is 22.8. The molecular formula is C24H26N6O3. The van der Waals surface area contributed by atoms with Gasteiger partial charge in [-0.2, -0.15) is 10.2 Å². The Bertz CT molecular complexity index is 1260.